The fourth-order valence-corrected chi connectivity index (χ4v) is 2.13. The average Bonchev–Trinajstić information content (AvgIpc) is 2.36. The Labute approximate surface area is 122 Å². The second-order valence-electron chi connectivity index (χ2n) is 3.74. The summed E-state index contributed by atoms with van der Waals surface area (Å²) in [5.41, 5.74) is 0.879. The summed E-state index contributed by atoms with van der Waals surface area (Å²) < 4.78 is 0.945. The highest BCUT2D eigenvalue weighted by Gasteiger charge is 2.15. The number of benzene rings is 1. The molecule has 2 rings (SSSR count). The van der Waals surface area contributed by atoms with E-state index in [4.69, 9.17) is 11.6 Å². The molecule has 19 heavy (non-hydrogen) atoms. The molecule has 0 fully saturated rings. The van der Waals surface area contributed by atoms with E-state index in [1.54, 1.807) is 0 Å². The molecule has 0 amide bonds. The maximum Gasteiger partial charge on any atom is 0.311 e. The number of nitrogens with zero attached hydrogens (tertiary/aromatic N) is 2. The lowest BCUT2D eigenvalue weighted by Crippen LogP contribution is -2.04. The van der Waals surface area contributed by atoms with E-state index in [1.807, 2.05) is 24.3 Å². The zero-order chi connectivity index (χ0) is 13.8. The van der Waals surface area contributed by atoms with Crippen molar-refractivity contribution >= 4 is 39.0 Å². The second kappa shape index (κ2) is 5.99. The van der Waals surface area contributed by atoms with E-state index in [0.717, 1.165) is 10.0 Å². The second-order valence-corrected chi connectivity index (χ2v) is 5.05. The highest BCUT2D eigenvalue weighted by atomic mass is 79.9. The fourth-order valence-electron chi connectivity index (χ4n) is 1.54. The SMILES string of the molecule is O=[N+]([O-])c1ccc(Cl)nc1NCc1cccc(Br)c1. The molecule has 0 aliphatic rings. The largest absolute Gasteiger partial charge is 0.360 e. The molecule has 0 unspecified atom stereocenters. The summed E-state index contributed by atoms with van der Waals surface area (Å²) in [6, 6.07) is 10.4. The third-order valence-corrected chi connectivity index (χ3v) is 3.09. The Morgan fingerprint density at radius 2 is 2.16 bits per heavy atom. The number of nitrogens with one attached hydrogen (secondary N) is 1. The first-order chi connectivity index (χ1) is 9.06. The standard InChI is InChI=1S/C12H9BrClN3O2/c13-9-3-1-2-8(6-9)7-15-12-10(17(18)19)4-5-11(14)16-12/h1-6H,7H2,(H,15,16). The molecule has 2 aromatic rings. The van der Waals surface area contributed by atoms with Crippen LogP contribution in [0.15, 0.2) is 40.9 Å². The molecule has 0 bridgehead atoms. The Hall–Kier alpha value is -1.66. The van der Waals surface area contributed by atoms with Crippen molar-refractivity contribution in [3.63, 3.8) is 0 Å². The van der Waals surface area contributed by atoms with Gasteiger partial charge in [0.2, 0.25) is 5.82 Å². The number of halogens is 2. The van der Waals surface area contributed by atoms with Crippen molar-refractivity contribution < 1.29 is 4.92 Å². The van der Waals surface area contributed by atoms with Crippen molar-refractivity contribution in [3.8, 4) is 0 Å². The zero-order valence-electron chi connectivity index (χ0n) is 9.64. The minimum Gasteiger partial charge on any atom is -0.360 e. The summed E-state index contributed by atoms with van der Waals surface area (Å²) in [5, 5.41) is 14.0. The average molecular weight is 343 g/mol. The lowest BCUT2D eigenvalue weighted by atomic mass is 10.2. The lowest BCUT2D eigenvalue weighted by Gasteiger charge is -2.07. The molecular weight excluding hydrogens is 334 g/mol. The first-order valence-corrected chi connectivity index (χ1v) is 6.52. The fraction of sp³-hybridized carbons (Fsp3) is 0.0833. The third-order valence-electron chi connectivity index (χ3n) is 2.39. The van der Waals surface area contributed by atoms with Gasteiger partial charge in [-0.2, -0.15) is 0 Å². The highest BCUT2D eigenvalue weighted by Crippen LogP contribution is 2.24. The van der Waals surface area contributed by atoms with E-state index >= 15 is 0 Å². The van der Waals surface area contributed by atoms with E-state index in [0.29, 0.717) is 6.54 Å². The van der Waals surface area contributed by atoms with E-state index < -0.39 is 4.92 Å². The van der Waals surface area contributed by atoms with Gasteiger partial charge < -0.3 is 5.32 Å². The van der Waals surface area contributed by atoms with Gasteiger partial charge in [0, 0.05) is 17.1 Å². The Bertz CT molecular complexity index is 622. The first-order valence-electron chi connectivity index (χ1n) is 5.35. The Balaban J connectivity index is 2.19. The number of rotatable bonds is 4. The molecule has 0 atom stereocenters. The summed E-state index contributed by atoms with van der Waals surface area (Å²) >= 11 is 9.11. The van der Waals surface area contributed by atoms with Crippen molar-refractivity contribution in [2.24, 2.45) is 0 Å². The van der Waals surface area contributed by atoms with Gasteiger partial charge in [-0.3, -0.25) is 10.1 Å². The van der Waals surface area contributed by atoms with Crippen LogP contribution in [0.2, 0.25) is 5.15 Å². The van der Waals surface area contributed by atoms with Crippen molar-refractivity contribution in [2.45, 2.75) is 6.54 Å². The predicted molar refractivity (Wildman–Crippen MR) is 77.4 cm³/mol. The van der Waals surface area contributed by atoms with Gasteiger partial charge in [-0.1, -0.05) is 39.7 Å². The number of nitro groups is 1. The Morgan fingerprint density at radius 3 is 2.84 bits per heavy atom. The van der Waals surface area contributed by atoms with Crippen LogP contribution in [0.25, 0.3) is 0 Å². The molecule has 7 heteroatoms. The summed E-state index contributed by atoms with van der Waals surface area (Å²) in [5.74, 6) is 0.164. The molecule has 1 heterocycles. The Kier molecular flexibility index (Phi) is 4.34. The molecule has 0 radical (unpaired) electrons. The minimum atomic E-state index is -0.493. The molecule has 0 aliphatic heterocycles. The van der Waals surface area contributed by atoms with Gasteiger partial charge in [-0.15, -0.1) is 0 Å². The number of hydrogen-bond acceptors (Lipinski definition) is 4. The van der Waals surface area contributed by atoms with Gasteiger partial charge in [-0.05, 0) is 23.8 Å². The molecular formula is C12H9BrClN3O2. The van der Waals surface area contributed by atoms with Crippen LogP contribution >= 0.6 is 27.5 Å². The van der Waals surface area contributed by atoms with E-state index in [2.05, 4.69) is 26.2 Å². The van der Waals surface area contributed by atoms with Crippen LogP contribution in [0.3, 0.4) is 0 Å². The van der Waals surface area contributed by atoms with Crippen LogP contribution in [0.1, 0.15) is 5.56 Å². The van der Waals surface area contributed by atoms with Crippen molar-refractivity contribution in [2.75, 3.05) is 5.32 Å². The number of aromatic nitrogens is 1. The van der Waals surface area contributed by atoms with Crippen LogP contribution in [0, 0.1) is 10.1 Å². The minimum absolute atomic E-state index is 0.0978. The van der Waals surface area contributed by atoms with Crippen molar-refractivity contribution in [1.82, 2.24) is 4.98 Å². The van der Waals surface area contributed by atoms with Gasteiger partial charge in [0.05, 0.1) is 4.92 Å². The van der Waals surface area contributed by atoms with Crippen LogP contribution in [0.5, 0.6) is 0 Å². The quantitative estimate of drug-likeness (QED) is 0.518. The van der Waals surface area contributed by atoms with E-state index in [1.165, 1.54) is 12.1 Å². The van der Waals surface area contributed by atoms with Crippen molar-refractivity contribution in [3.05, 3.63) is 61.7 Å². The first kappa shape index (κ1) is 13.8. The number of hydrogen-bond donors (Lipinski definition) is 1. The van der Waals surface area contributed by atoms with Gasteiger partial charge in [0.25, 0.3) is 0 Å². The normalized spacial score (nSPS) is 10.2. The molecule has 0 spiro atoms. The molecule has 0 aliphatic carbocycles. The Morgan fingerprint density at radius 1 is 1.37 bits per heavy atom. The van der Waals surface area contributed by atoms with Gasteiger partial charge in [0.1, 0.15) is 5.15 Å². The maximum absolute atomic E-state index is 10.9. The summed E-state index contributed by atoms with van der Waals surface area (Å²) in [6.07, 6.45) is 0. The number of anilines is 1. The van der Waals surface area contributed by atoms with Crippen LogP contribution in [-0.4, -0.2) is 9.91 Å². The molecule has 1 aromatic heterocycles. The monoisotopic (exact) mass is 341 g/mol. The maximum atomic E-state index is 10.9. The molecule has 0 saturated carbocycles. The van der Waals surface area contributed by atoms with Crippen LogP contribution in [0.4, 0.5) is 11.5 Å². The molecule has 98 valence electrons. The lowest BCUT2D eigenvalue weighted by molar-refractivity contribution is -0.384. The zero-order valence-corrected chi connectivity index (χ0v) is 12.0. The van der Waals surface area contributed by atoms with E-state index in [9.17, 15) is 10.1 Å². The number of pyridine rings is 1. The van der Waals surface area contributed by atoms with Crippen LogP contribution < -0.4 is 5.32 Å². The topological polar surface area (TPSA) is 68.1 Å². The van der Waals surface area contributed by atoms with Gasteiger partial charge in [0.15, 0.2) is 0 Å². The van der Waals surface area contributed by atoms with Crippen molar-refractivity contribution in [1.29, 1.82) is 0 Å². The highest BCUT2D eigenvalue weighted by molar-refractivity contribution is 9.10. The van der Waals surface area contributed by atoms with Gasteiger partial charge >= 0.3 is 5.69 Å². The van der Waals surface area contributed by atoms with Crippen LogP contribution in [-0.2, 0) is 6.54 Å². The van der Waals surface area contributed by atoms with Gasteiger partial charge in [-0.25, -0.2) is 4.98 Å². The third kappa shape index (κ3) is 3.65. The van der Waals surface area contributed by atoms with E-state index in [-0.39, 0.29) is 16.7 Å². The summed E-state index contributed by atoms with van der Waals surface area (Å²) in [7, 11) is 0. The smallest absolute Gasteiger partial charge is 0.311 e. The molecule has 5 nitrogen and oxygen atoms in total. The molecule has 0 saturated heterocycles. The molecule has 1 aromatic carbocycles. The molecule has 1 N–H and O–H groups in total. The predicted octanol–water partition coefficient (Wildman–Crippen LogP) is 4.02. The summed E-state index contributed by atoms with van der Waals surface area (Å²) in [6.45, 7) is 0.424. The summed E-state index contributed by atoms with van der Waals surface area (Å²) in [4.78, 5) is 14.3.